The second-order valence-corrected chi connectivity index (χ2v) is 5.46. The third-order valence-corrected chi connectivity index (χ3v) is 3.60. The van der Waals surface area contributed by atoms with Crippen LogP contribution in [0.15, 0.2) is 6.07 Å². The van der Waals surface area contributed by atoms with E-state index in [0.29, 0.717) is 4.99 Å². The van der Waals surface area contributed by atoms with Crippen LogP contribution in [0.1, 0.15) is 30.2 Å². The van der Waals surface area contributed by atoms with Gasteiger partial charge in [0.15, 0.2) is 0 Å². The summed E-state index contributed by atoms with van der Waals surface area (Å²) in [5.41, 5.74) is 8.74. The largest absolute Gasteiger partial charge is 0.389 e. The van der Waals surface area contributed by atoms with Gasteiger partial charge in [-0.05, 0) is 43.7 Å². The summed E-state index contributed by atoms with van der Waals surface area (Å²) in [5.74, 6) is 2.45. The number of pyridine rings is 1. The molecule has 4 heteroatoms. The molecular weight excluding hydrogens is 230 g/mol. The molecule has 0 radical (unpaired) electrons. The maximum Gasteiger partial charge on any atom is 0.136 e. The molecule has 0 amide bonds. The average Bonchev–Trinajstić information content (AvgIpc) is 2.89. The van der Waals surface area contributed by atoms with Crippen LogP contribution in [0.5, 0.6) is 0 Å². The van der Waals surface area contributed by atoms with Crippen LogP contribution in [-0.2, 0) is 0 Å². The summed E-state index contributed by atoms with van der Waals surface area (Å²) in [5, 5.41) is 3.39. The van der Waals surface area contributed by atoms with Gasteiger partial charge in [-0.2, -0.15) is 0 Å². The highest BCUT2D eigenvalue weighted by Crippen LogP contribution is 2.37. The normalized spacial score (nSPS) is 22.3. The molecule has 0 bridgehead atoms. The van der Waals surface area contributed by atoms with E-state index in [2.05, 4.69) is 17.2 Å². The Bertz CT molecular complexity index is 456. The van der Waals surface area contributed by atoms with Gasteiger partial charge >= 0.3 is 0 Å². The molecule has 0 aromatic carbocycles. The van der Waals surface area contributed by atoms with Gasteiger partial charge in [-0.25, -0.2) is 4.98 Å². The maximum atomic E-state index is 5.77. The quantitative estimate of drug-likeness (QED) is 0.805. The van der Waals surface area contributed by atoms with Crippen LogP contribution < -0.4 is 11.1 Å². The van der Waals surface area contributed by atoms with Crippen molar-refractivity contribution in [2.45, 2.75) is 27.2 Å². The number of nitrogens with zero attached hydrogens (tertiary/aromatic N) is 1. The first-order chi connectivity index (χ1) is 7.99. The molecule has 2 atom stereocenters. The topological polar surface area (TPSA) is 50.9 Å². The molecule has 92 valence electrons. The number of rotatable bonds is 4. The van der Waals surface area contributed by atoms with Gasteiger partial charge in [0.25, 0.3) is 0 Å². The molecular formula is C13H19N3S. The number of aryl methyl sites for hydroxylation is 2. The smallest absolute Gasteiger partial charge is 0.136 e. The van der Waals surface area contributed by atoms with Gasteiger partial charge < -0.3 is 11.1 Å². The van der Waals surface area contributed by atoms with E-state index < -0.39 is 0 Å². The van der Waals surface area contributed by atoms with Crippen LogP contribution in [-0.4, -0.2) is 16.5 Å². The molecule has 1 fully saturated rings. The van der Waals surface area contributed by atoms with Crippen molar-refractivity contribution < 1.29 is 0 Å². The first-order valence-corrected chi connectivity index (χ1v) is 6.41. The van der Waals surface area contributed by atoms with E-state index in [1.165, 1.54) is 6.42 Å². The fraction of sp³-hybridized carbons (Fsp3) is 0.538. The van der Waals surface area contributed by atoms with Gasteiger partial charge in [0, 0.05) is 12.2 Å². The van der Waals surface area contributed by atoms with Crippen molar-refractivity contribution in [3.8, 4) is 0 Å². The van der Waals surface area contributed by atoms with Crippen LogP contribution >= 0.6 is 12.2 Å². The number of thiocarbonyl (C=S) groups is 1. The lowest BCUT2D eigenvalue weighted by atomic mass is 10.1. The Balaban J connectivity index is 2.21. The predicted molar refractivity (Wildman–Crippen MR) is 75.4 cm³/mol. The predicted octanol–water partition coefficient (Wildman–Crippen LogP) is 2.40. The lowest BCUT2D eigenvalue weighted by Gasteiger charge is -2.13. The Morgan fingerprint density at radius 2 is 2.24 bits per heavy atom. The third kappa shape index (κ3) is 2.75. The Labute approximate surface area is 108 Å². The van der Waals surface area contributed by atoms with Crippen LogP contribution in [0.2, 0.25) is 0 Å². The summed E-state index contributed by atoms with van der Waals surface area (Å²) in [6.45, 7) is 7.25. The zero-order valence-electron chi connectivity index (χ0n) is 10.6. The van der Waals surface area contributed by atoms with Gasteiger partial charge in [-0.1, -0.05) is 19.1 Å². The van der Waals surface area contributed by atoms with Crippen molar-refractivity contribution in [2.24, 2.45) is 17.6 Å². The van der Waals surface area contributed by atoms with Crippen molar-refractivity contribution in [1.29, 1.82) is 0 Å². The molecule has 1 heterocycles. The number of anilines is 1. The van der Waals surface area contributed by atoms with E-state index in [1.807, 2.05) is 19.9 Å². The second kappa shape index (κ2) is 4.61. The lowest BCUT2D eigenvalue weighted by Crippen LogP contribution is -2.18. The minimum Gasteiger partial charge on any atom is -0.389 e. The van der Waals surface area contributed by atoms with Gasteiger partial charge in [0.05, 0.1) is 5.56 Å². The van der Waals surface area contributed by atoms with Gasteiger partial charge in [0.1, 0.15) is 10.8 Å². The Morgan fingerprint density at radius 1 is 1.59 bits per heavy atom. The average molecular weight is 249 g/mol. The van der Waals surface area contributed by atoms with E-state index >= 15 is 0 Å². The van der Waals surface area contributed by atoms with Crippen molar-refractivity contribution in [3.05, 3.63) is 22.9 Å². The number of nitrogens with one attached hydrogen (secondary N) is 1. The minimum absolute atomic E-state index is 0.418. The first-order valence-electron chi connectivity index (χ1n) is 6.01. The summed E-state index contributed by atoms with van der Waals surface area (Å²) in [4.78, 5) is 4.92. The fourth-order valence-corrected chi connectivity index (χ4v) is 2.44. The summed E-state index contributed by atoms with van der Waals surface area (Å²) in [7, 11) is 0. The van der Waals surface area contributed by atoms with Crippen LogP contribution in [0.4, 0.5) is 5.82 Å². The van der Waals surface area contributed by atoms with E-state index in [-0.39, 0.29) is 0 Å². The molecule has 1 saturated carbocycles. The zero-order valence-corrected chi connectivity index (χ0v) is 11.4. The Hall–Kier alpha value is -1.16. The Morgan fingerprint density at radius 3 is 2.76 bits per heavy atom. The van der Waals surface area contributed by atoms with E-state index in [1.54, 1.807) is 0 Å². The van der Waals surface area contributed by atoms with E-state index in [4.69, 9.17) is 18.0 Å². The van der Waals surface area contributed by atoms with Gasteiger partial charge in [-0.15, -0.1) is 0 Å². The minimum atomic E-state index is 0.418. The highest BCUT2D eigenvalue weighted by Gasteiger charge is 2.32. The number of hydrogen-bond donors (Lipinski definition) is 2. The van der Waals surface area contributed by atoms with E-state index in [9.17, 15) is 0 Å². The molecule has 0 aliphatic heterocycles. The first kappa shape index (κ1) is 12.3. The maximum absolute atomic E-state index is 5.77. The SMILES string of the molecule is Cc1cc(C)c(C(N)=S)c(NCC2CC2C)n1. The monoisotopic (exact) mass is 249 g/mol. The summed E-state index contributed by atoms with van der Waals surface area (Å²) >= 11 is 5.10. The zero-order chi connectivity index (χ0) is 12.6. The molecule has 2 unspecified atom stereocenters. The highest BCUT2D eigenvalue weighted by molar-refractivity contribution is 7.80. The molecule has 1 aromatic rings. The van der Waals surface area contributed by atoms with Crippen LogP contribution in [0.3, 0.4) is 0 Å². The highest BCUT2D eigenvalue weighted by atomic mass is 32.1. The molecule has 0 saturated heterocycles. The van der Waals surface area contributed by atoms with E-state index in [0.717, 1.165) is 41.0 Å². The van der Waals surface area contributed by atoms with Crippen LogP contribution in [0, 0.1) is 25.7 Å². The van der Waals surface area contributed by atoms with Gasteiger partial charge in [0.2, 0.25) is 0 Å². The lowest BCUT2D eigenvalue weighted by molar-refractivity contribution is 0.783. The molecule has 0 spiro atoms. The molecule has 17 heavy (non-hydrogen) atoms. The molecule has 3 N–H and O–H groups in total. The second-order valence-electron chi connectivity index (χ2n) is 5.02. The van der Waals surface area contributed by atoms with Crippen molar-refractivity contribution in [2.75, 3.05) is 11.9 Å². The molecule has 1 aliphatic carbocycles. The van der Waals surface area contributed by atoms with Crippen molar-refractivity contribution in [3.63, 3.8) is 0 Å². The van der Waals surface area contributed by atoms with Crippen molar-refractivity contribution in [1.82, 2.24) is 4.98 Å². The molecule has 1 aromatic heterocycles. The fourth-order valence-electron chi connectivity index (χ4n) is 2.19. The summed E-state index contributed by atoms with van der Waals surface area (Å²) in [6.07, 6.45) is 1.31. The third-order valence-electron chi connectivity index (χ3n) is 3.40. The molecule has 2 rings (SSSR count). The molecule has 3 nitrogen and oxygen atoms in total. The van der Waals surface area contributed by atoms with Crippen LogP contribution in [0.25, 0.3) is 0 Å². The summed E-state index contributed by atoms with van der Waals surface area (Å²) < 4.78 is 0. The number of hydrogen-bond acceptors (Lipinski definition) is 3. The van der Waals surface area contributed by atoms with Crippen molar-refractivity contribution >= 4 is 23.0 Å². The standard InChI is InChI=1S/C13H19N3S/c1-7-5-10(7)6-15-13-11(12(14)17)8(2)4-9(3)16-13/h4,7,10H,5-6H2,1-3H3,(H2,14,17)(H,15,16). The summed E-state index contributed by atoms with van der Waals surface area (Å²) in [6, 6.07) is 2.01. The van der Waals surface area contributed by atoms with Gasteiger partial charge in [-0.3, -0.25) is 0 Å². The number of nitrogens with two attached hydrogens (primary N) is 1. The Kier molecular flexibility index (Phi) is 3.33. The number of aromatic nitrogens is 1. The molecule has 1 aliphatic rings.